The highest BCUT2D eigenvalue weighted by molar-refractivity contribution is 5.87. The third kappa shape index (κ3) is 6.69. The van der Waals surface area contributed by atoms with Gasteiger partial charge in [0.2, 0.25) is 11.8 Å². The molecule has 1 aromatic carbocycles. The van der Waals surface area contributed by atoms with Gasteiger partial charge in [-0.2, -0.15) is 18.4 Å². The van der Waals surface area contributed by atoms with Crippen LogP contribution in [0.3, 0.4) is 0 Å². The van der Waals surface area contributed by atoms with Gasteiger partial charge in [-0.3, -0.25) is 9.59 Å². The molecule has 0 bridgehead atoms. The van der Waals surface area contributed by atoms with Crippen LogP contribution in [0, 0.1) is 11.3 Å². The Kier molecular flexibility index (Phi) is 7.24. The van der Waals surface area contributed by atoms with Gasteiger partial charge in [0.25, 0.3) is 0 Å². The van der Waals surface area contributed by atoms with Crippen molar-refractivity contribution in [1.29, 1.82) is 5.26 Å². The summed E-state index contributed by atoms with van der Waals surface area (Å²) in [6.45, 7) is 0. The Morgan fingerprint density at radius 1 is 1.29 bits per heavy atom. The number of amides is 2. The van der Waals surface area contributed by atoms with Crippen LogP contribution in [0.25, 0.3) is 0 Å². The van der Waals surface area contributed by atoms with Crippen molar-refractivity contribution in [3.8, 4) is 6.07 Å². The number of nitrogens with two attached hydrogens (primary N) is 1. The van der Waals surface area contributed by atoms with Crippen molar-refractivity contribution in [2.45, 2.75) is 44.3 Å². The van der Waals surface area contributed by atoms with Crippen molar-refractivity contribution in [1.82, 2.24) is 5.32 Å². The first-order valence-electron chi connectivity index (χ1n) is 7.36. The van der Waals surface area contributed by atoms with Crippen molar-refractivity contribution in [3.63, 3.8) is 0 Å². The van der Waals surface area contributed by atoms with E-state index < -0.39 is 29.6 Å². The number of nitrogens with zero attached hydrogens (tertiary/aromatic N) is 1. The van der Waals surface area contributed by atoms with Crippen LogP contribution in [0.5, 0.6) is 0 Å². The zero-order chi connectivity index (χ0) is 18.2. The summed E-state index contributed by atoms with van der Waals surface area (Å²) in [5.41, 5.74) is 4.56. The largest absolute Gasteiger partial charge is 0.416 e. The fourth-order valence-corrected chi connectivity index (χ4v) is 2.13. The van der Waals surface area contributed by atoms with E-state index in [1.165, 1.54) is 12.1 Å². The van der Waals surface area contributed by atoms with E-state index in [1.807, 2.05) is 6.07 Å². The molecule has 0 heterocycles. The molecule has 0 aliphatic rings. The molecule has 8 heteroatoms. The Balaban J connectivity index is 2.63. The molecule has 1 atom stereocenters. The maximum Gasteiger partial charge on any atom is 0.416 e. The normalized spacial score (nSPS) is 12.2. The van der Waals surface area contributed by atoms with E-state index >= 15 is 0 Å². The Labute approximate surface area is 137 Å². The zero-order valence-corrected chi connectivity index (χ0v) is 12.9. The second kappa shape index (κ2) is 8.91. The molecule has 24 heavy (non-hydrogen) atoms. The number of hydrogen-bond donors (Lipinski definition) is 2. The highest BCUT2D eigenvalue weighted by Crippen LogP contribution is 2.29. The SMILES string of the molecule is N#CCCCC[C@H](NC(=O)Cc1cccc(C(F)(F)F)c1)C(N)=O. The lowest BCUT2D eigenvalue weighted by Crippen LogP contribution is -2.45. The molecule has 0 saturated carbocycles. The number of alkyl halides is 3. The molecule has 5 nitrogen and oxygen atoms in total. The summed E-state index contributed by atoms with van der Waals surface area (Å²) >= 11 is 0. The molecular weight excluding hydrogens is 323 g/mol. The van der Waals surface area contributed by atoms with Crippen LogP contribution < -0.4 is 11.1 Å². The van der Waals surface area contributed by atoms with Crippen molar-refractivity contribution >= 4 is 11.8 Å². The highest BCUT2D eigenvalue weighted by Gasteiger charge is 2.30. The summed E-state index contributed by atoms with van der Waals surface area (Å²) in [7, 11) is 0. The molecule has 1 rings (SSSR count). The molecule has 0 saturated heterocycles. The predicted octanol–water partition coefficient (Wildman–Crippen LogP) is 2.30. The fourth-order valence-electron chi connectivity index (χ4n) is 2.13. The second-order valence-electron chi connectivity index (χ2n) is 5.30. The van der Waals surface area contributed by atoms with E-state index in [9.17, 15) is 22.8 Å². The maximum absolute atomic E-state index is 12.6. The summed E-state index contributed by atoms with van der Waals surface area (Å²) in [4.78, 5) is 23.3. The Hall–Kier alpha value is -2.56. The minimum Gasteiger partial charge on any atom is -0.368 e. The Morgan fingerprint density at radius 3 is 2.58 bits per heavy atom. The lowest BCUT2D eigenvalue weighted by atomic mass is 10.1. The summed E-state index contributed by atoms with van der Waals surface area (Å²) in [5, 5.41) is 10.9. The van der Waals surface area contributed by atoms with Crippen LogP contribution in [0.4, 0.5) is 13.2 Å². The molecule has 0 aliphatic carbocycles. The molecule has 3 N–H and O–H groups in total. The van der Waals surface area contributed by atoms with E-state index in [-0.39, 0.29) is 18.4 Å². The minimum atomic E-state index is -4.48. The third-order valence-electron chi connectivity index (χ3n) is 3.33. The van der Waals surface area contributed by atoms with Crippen molar-refractivity contribution in [2.75, 3.05) is 0 Å². The Bertz CT molecular complexity index is 624. The molecule has 0 aliphatic heterocycles. The standard InChI is InChI=1S/C16H18F3N3O2/c17-16(18,19)12-6-4-5-11(9-12)10-14(23)22-13(15(21)24)7-2-1-3-8-20/h4-6,9,13H,1-3,7,10H2,(H2,21,24)(H,22,23)/t13-/m0/s1. The first-order chi connectivity index (χ1) is 11.2. The van der Waals surface area contributed by atoms with Crippen LogP contribution in [0.1, 0.15) is 36.8 Å². The van der Waals surface area contributed by atoms with E-state index in [0.717, 1.165) is 12.1 Å². The number of unbranched alkanes of at least 4 members (excludes halogenated alkanes) is 2. The zero-order valence-electron chi connectivity index (χ0n) is 12.9. The minimum absolute atomic E-state index is 0.190. The van der Waals surface area contributed by atoms with Gasteiger partial charge in [-0.1, -0.05) is 18.2 Å². The first-order valence-corrected chi connectivity index (χ1v) is 7.36. The van der Waals surface area contributed by atoms with Crippen molar-refractivity contribution in [3.05, 3.63) is 35.4 Å². The number of carbonyl (C=O) groups excluding carboxylic acids is 2. The second-order valence-corrected chi connectivity index (χ2v) is 5.30. The monoisotopic (exact) mass is 341 g/mol. The Morgan fingerprint density at radius 2 is 2.00 bits per heavy atom. The van der Waals surface area contributed by atoms with Gasteiger partial charge < -0.3 is 11.1 Å². The highest BCUT2D eigenvalue weighted by atomic mass is 19.4. The molecule has 0 spiro atoms. The van der Waals surface area contributed by atoms with Gasteiger partial charge in [0, 0.05) is 6.42 Å². The molecule has 2 amide bonds. The van der Waals surface area contributed by atoms with Crippen molar-refractivity contribution < 1.29 is 22.8 Å². The first kappa shape index (κ1) is 19.5. The number of nitriles is 1. The number of nitrogens with one attached hydrogen (secondary N) is 1. The number of primary amides is 1. The number of hydrogen-bond acceptors (Lipinski definition) is 3. The van der Waals surface area contributed by atoms with E-state index in [2.05, 4.69) is 5.32 Å². The van der Waals surface area contributed by atoms with Crippen LogP contribution >= 0.6 is 0 Å². The smallest absolute Gasteiger partial charge is 0.368 e. The lowest BCUT2D eigenvalue weighted by molar-refractivity contribution is -0.137. The quantitative estimate of drug-likeness (QED) is 0.710. The molecule has 0 aromatic heterocycles. The topological polar surface area (TPSA) is 96.0 Å². The van der Waals surface area contributed by atoms with Gasteiger partial charge in [0.1, 0.15) is 6.04 Å². The lowest BCUT2D eigenvalue weighted by Gasteiger charge is -2.15. The van der Waals surface area contributed by atoms with E-state index in [1.54, 1.807) is 0 Å². The summed E-state index contributed by atoms with van der Waals surface area (Å²) in [6, 6.07) is 5.50. The fraction of sp³-hybridized carbons (Fsp3) is 0.438. The predicted molar refractivity (Wildman–Crippen MR) is 80.4 cm³/mol. The molecule has 130 valence electrons. The number of rotatable bonds is 8. The molecule has 0 unspecified atom stereocenters. The van der Waals surface area contributed by atoms with Crippen LogP contribution in [0.15, 0.2) is 24.3 Å². The summed E-state index contributed by atoms with van der Waals surface area (Å²) in [5.74, 6) is -1.30. The van der Waals surface area contributed by atoms with E-state index in [0.29, 0.717) is 19.3 Å². The summed E-state index contributed by atoms with van der Waals surface area (Å²) in [6.07, 6.45) is -3.04. The molecule has 1 aromatic rings. The average Bonchev–Trinajstić information content (AvgIpc) is 2.49. The van der Waals surface area contributed by atoms with Crippen LogP contribution in [-0.2, 0) is 22.2 Å². The van der Waals surface area contributed by atoms with Gasteiger partial charge in [-0.05, 0) is 30.9 Å². The van der Waals surface area contributed by atoms with Crippen LogP contribution in [-0.4, -0.2) is 17.9 Å². The van der Waals surface area contributed by atoms with Gasteiger partial charge in [0.15, 0.2) is 0 Å². The molecule has 0 radical (unpaired) electrons. The van der Waals surface area contributed by atoms with Crippen molar-refractivity contribution in [2.24, 2.45) is 5.73 Å². The summed E-state index contributed by atoms with van der Waals surface area (Å²) < 4.78 is 37.9. The number of halogens is 3. The average molecular weight is 341 g/mol. The van der Waals surface area contributed by atoms with Gasteiger partial charge >= 0.3 is 6.18 Å². The maximum atomic E-state index is 12.6. The third-order valence-corrected chi connectivity index (χ3v) is 3.33. The number of carbonyl (C=O) groups is 2. The van der Waals surface area contributed by atoms with E-state index in [4.69, 9.17) is 11.0 Å². The number of benzene rings is 1. The van der Waals surface area contributed by atoms with Gasteiger partial charge in [-0.15, -0.1) is 0 Å². The van der Waals surface area contributed by atoms with Gasteiger partial charge in [-0.25, -0.2) is 0 Å². The van der Waals surface area contributed by atoms with Gasteiger partial charge in [0.05, 0.1) is 18.1 Å². The molecule has 0 fully saturated rings. The van der Waals surface area contributed by atoms with Crippen LogP contribution in [0.2, 0.25) is 0 Å². The molecular formula is C16H18F3N3O2.